The molecule has 4 rings (SSSR count). The Morgan fingerprint density at radius 2 is 1.66 bits per heavy atom. The molecule has 2 atom stereocenters. The van der Waals surface area contributed by atoms with Gasteiger partial charge in [-0.15, -0.1) is 11.8 Å². The van der Waals surface area contributed by atoms with Gasteiger partial charge in [0.1, 0.15) is 17.2 Å². The summed E-state index contributed by atoms with van der Waals surface area (Å²) in [7, 11) is 4.44. The van der Waals surface area contributed by atoms with Crippen molar-refractivity contribution in [3.05, 3.63) is 53.3 Å². The first-order chi connectivity index (χ1) is 15.5. The van der Waals surface area contributed by atoms with Crippen LogP contribution in [-0.2, 0) is 4.79 Å². The van der Waals surface area contributed by atoms with Gasteiger partial charge in [-0.3, -0.25) is 9.59 Å². The lowest BCUT2D eigenvalue weighted by molar-refractivity contribution is -0.125. The maximum absolute atomic E-state index is 13.8. The summed E-state index contributed by atoms with van der Waals surface area (Å²) in [4.78, 5) is 28.3. The number of hydrogen-bond acceptors (Lipinski definition) is 6. The van der Waals surface area contributed by atoms with Crippen LogP contribution in [0.1, 0.15) is 34.1 Å². The van der Waals surface area contributed by atoms with E-state index >= 15 is 0 Å². The maximum Gasteiger partial charge on any atom is 0.256 e. The zero-order valence-electron chi connectivity index (χ0n) is 18.1. The Labute approximate surface area is 190 Å². The van der Waals surface area contributed by atoms with E-state index in [1.165, 1.54) is 45.2 Å². The predicted octanol–water partition coefficient (Wildman–Crippen LogP) is 3.39. The van der Waals surface area contributed by atoms with Crippen LogP contribution in [-0.4, -0.2) is 55.9 Å². The molecule has 2 aliphatic rings. The summed E-state index contributed by atoms with van der Waals surface area (Å²) < 4.78 is 29.6. The van der Waals surface area contributed by atoms with Crippen molar-refractivity contribution in [1.82, 2.24) is 10.2 Å². The van der Waals surface area contributed by atoms with E-state index in [4.69, 9.17) is 14.2 Å². The first-order valence-corrected chi connectivity index (χ1v) is 11.3. The van der Waals surface area contributed by atoms with E-state index in [2.05, 4.69) is 5.32 Å². The van der Waals surface area contributed by atoms with Gasteiger partial charge < -0.3 is 24.4 Å². The minimum atomic E-state index is -0.651. The monoisotopic (exact) mass is 460 g/mol. The van der Waals surface area contributed by atoms with Gasteiger partial charge in [-0.25, -0.2) is 4.39 Å². The number of amides is 2. The summed E-state index contributed by atoms with van der Waals surface area (Å²) in [5.74, 6) is 0.628. The van der Waals surface area contributed by atoms with Crippen LogP contribution >= 0.6 is 11.8 Å². The lowest BCUT2D eigenvalue weighted by Crippen LogP contribution is -2.48. The number of carbonyl (C=O) groups is 2. The molecule has 0 bridgehead atoms. The van der Waals surface area contributed by atoms with Crippen LogP contribution in [0.2, 0.25) is 0 Å². The van der Waals surface area contributed by atoms with Gasteiger partial charge in [-0.1, -0.05) is 12.1 Å². The Hall–Kier alpha value is -2.94. The van der Waals surface area contributed by atoms with Gasteiger partial charge in [0.25, 0.3) is 5.91 Å². The van der Waals surface area contributed by atoms with Gasteiger partial charge in [0.05, 0.1) is 21.3 Å². The molecule has 2 aromatic rings. The minimum absolute atomic E-state index is 0.176. The number of halogens is 1. The SMILES string of the molecule is COc1cc(C(=O)N2C(C(=O)NC3CC3)CSC2c2ccc(F)cc2)cc(OC)c1OC. The molecule has 7 nitrogen and oxygen atoms in total. The first kappa shape index (κ1) is 22.3. The smallest absolute Gasteiger partial charge is 0.256 e. The number of nitrogens with one attached hydrogen (secondary N) is 1. The van der Waals surface area contributed by atoms with E-state index in [0.717, 1.165) is 18.4 Å². The van der Waals surface area contributed by atoms with Crippen molar-refractivity contribution in [2.45, 2.75) is 30.3 Å². The Morgan fingerprint density at radius 1 is 1.03 bits per heavy atom. The summed E-state index contributed by atoms with van der Waals surface area (Å²) in [5.41, 5.74) is 1.05. The zero-order chi connectivity index (χ0) is 22.8. The van der Waals surface area contributed by atoms with Gasteiger partial charge in [0.15, 0.2) is 11.5 Å². The molecule has 1 aliphatic heterocycles. The number of ether oxygens (including phenoxy) is 3. The topological polar surface area (TPSA) is 77.1 Å². The average Bonchev–Trinajstić information content (AvgIpc) is 3.51. The Kier molecular flexibility index (Phi) is 6.45. The van der Waals surface area contributed by atoms with E-state index in [1.807, 2.05) is 0 Å². The number of benzene rings is 2. The van der Waals surface area contributed by atoms with Gasteiger partial charge >= 0.3 is 0 Å². The second-order valence-electron chi connectivity index (χ2n) is 7.66. The third-order valence-corrected chi connectivity index (χ3v) is 6.85. The highest BCUT2D eigenvalue weighted by Gasteiger charge is 2.44. The number of rotatable bonds is 7. The van der Waals surface area contributed by atoms with E-state index in [0.29, 0.717) is 28.6 Å². The summed E-state index contributed by atoms with van der Waals surface area (Å²) in [6.45, 7) is 0. The second kappa shape index (κ2) is 9.28. The van der Waals surface area contributed by atoms with Gasteiger partial charge in [0, 0.05) is 17.4 Å². The van der Waals surface area contributed by atoms with Gasteiger partial charge in [-0.05, 0) is 42.7 Å². The summed E-state index contributed by atoms with van der Waals surface area (Å²) in [6.07, 6.45) is 1.90. The number of methoxy groups -OCH3 is 3. The van der Waals surface area contributed by atoms with Crippen molar-refractivity contribution in [2.24, 2.45) is 0 Å². The molecule has 170 valence electrons. The quantitative estimate of drug-likeness (QED) is 0.683. The highest BCUT2D eigenvalue weighted by molar-refractivity contribution is 7.99. The van der Waals surface area contributed by atoms with Crippen LogP contribution in [0.3, 0.4) is 0 Å². The standard InChI is InChI=1S/C23H25FN2O5S/c1-29-18-10-14(11-19(30-2)20(18)31-3)22(28)26-17(21(27)25-16-8-9-16)12-32-23(26)13-4-6-15(24)7-5-13/h4-7,10-11,16-17,23H,8-9,12H2,1-3H3,(H,25,27). The molecule has 0 radical (unpaired) electrons. The molecular weight excluding hydrogens is 435 g/mol. The molecule has 2 amide bonds. The number of thioether (sulfide) groups is 1. The molecule has 1 saturated carbocycles. The van der Waals surface area contributed by atoms with E-state index in [9.17, 15) is 14.0 Å². The van der Waals surface area contributed by atoms with Crippen molar-refractivity contribution < 1.29 is 28.2 Å². The fraction of sp³-hybridized carbons (Fsp3) is 0.391. The predicted molar refractivity (Wildman–Crippen MR) is 119 cm³/mol. The maximum atomic E-state index is 13.8. The number of carbonyl (C=O) groups excluding carboxylic acids is 2. The normalized spacial score (nSPS) is 20.1. The van der Waals surface area contributed by atoms with E-state index < -0.39 is 11.4 Å². The molecule has 1 N–H and O–H groups in total. The van der Waals surface area contributed by atoms with Crippen molar-refractivity contribution >= 4 is 23.6 Å². The molecule has 32 heavy (non-hydrogen) atoms. The Bertz CT molecular complexity index is 987. The molecule has 0 spiro atoms. The lowest BCUT2D eigenvalue weighted by Gasteiger charge is -2.29. The summed E-state index contributed by atoms with van der Waals surface area (Å²) in [5, 5.41) is 2.57. The highest BCUT2D eigenvalue weighted by atomic mass is 32.2. The van der Waals surface area contributed by atoms with Crippen molar-refractivity contribution in [3.8, 4) is 17.2 Å². The van der Waals surface area contributed by atoms with Crippen LogP contribution < -0.4 is 19.5 Å². The lowest BCUT2D eigenvalue weighted by atomic mass is 10.1. The third-order valence-electron chi connectivity index (χ3n) is 5.53. The van der Waals surface area contributed by atoms with Crippen LogP contribution in [0.5, 0.6) is 17.2 Å². The van der Waals surface area contributed by atoms with Crippen molar-refractivity contribution in [3.63, 3.8) is 0 Å². The molecule has 1 heterocycles. The fourth-order valence-corrected chi connectivity index (χ4v) is 5.15. The summed E-state index contributed by atoms with van der Waals surface area (Å²) >= 11 is 1.48. The van der Waals surface area contributed by atoms with Crippen molar-refractivity contribution in [1.29, 1.82) is 0 Å². The molecule has 2 fully saturated rings. The average molecular weight is 461 g/mol. The Balaban J connectivity index is 1.72. The molecular formula is C23H25FN2O5S. The zero-order valence-corrected chi connectivity index (χ0v) is 18.9. The van der Waals surface area contributed by atoms with Crippen LogP contribution in [0.4, 0.5) is 4.39 Å². The molecule has 9 heteroatoms. The van der Waals surface area contributed by atoms with Crippen molar-refractivity contribution in [2.75, 3.05) is 27.1 Å². The molecule has 2 unspecified atom stereocenters. The molecule has 1 aliphatic carbocycles. The molecule has 2 aromatic carbocycles. The largest absolute Gasteiger partial charge is 0.493 e. The Morgan fingerprint density at radius 3 is 2.19 bits per heavy atom. The molecule has 0 aromatic heterocycles. The number of hydrogen-bond donors (Lipinski definition) is 1. The van der Waals surface area contributed by atoms with E-state index in [1.54, 1.807) is 29.2 Å². The third kappa shape index (κ3) is 4.34. The van der Waals surface area contributed by atoms with Gasteiger partial charge in [-0.2, -0.15) is 0 Å². The highest BCUT2D eigenvalue weighted by Crippen LogP contribution is 2.44. The van der Waals surface area contributed by atoms with Crippen LogP contribution in [0.15, 0.2) is 36.4 Å². The molecule has 1 saturated heterocycles. The first-order valence-electron chi connectivity index (χ1n) is 10.3. The number of nitrogens with zero attached hydrogens (tertiary/aromatic N) is 1. The van der Waals surface area contributed by atoms with Crippen LogP contribution in [0.25, 0.3) is 0 Å². The van der Waals surface area contributed by atoms with Gasteiger partial charge in [0.2, 0.25) is 11.7 Å². The fourth-order valence-electron chi connectivity index (χ4n) is 3.72. The minimum Gasteiger partial charge on any atom is -0.493 e. The van der Waals surface area contributed by atoms with Crippen LogP contribution in [0, 0.1) is 5.82 Å². The second-order valence-corrected chi connectivity index (χ2v) is 8.78. The van der Waals surface area contributed by atoms with E-state index in [-0.39, 0.29) is 23.7 Å². The summed E-state index contributed by atoms with van der Waals surface area (Å²) in [6, 6.07) is 8.67.